The number of hydrogen-bond acceptors (Lipinski definition) is 2. The van der Waals surface area contributed by atoms with E-state index in [-0.39, 0.29) is 0 Å². The monoisotopic (exact) mass is 188 g/mol. The van der Waals surface area contributed by atoms with Crippen LogP contribution < -0.4 is 0 Å². The van der Waals surface area contributed by atoms with E-state index in [0.29, 0.717) is 0 Å². The van der Waals surface area contributed by atoms with E-state index in [4.69, 9.17) is 9.15 Å². The van der Waals surface area contributed by atoms with Gasteiger partial charge in [0.2, 0.25) is 0 Å². The average Bonchev–Trinajstić information content (AvgIpc) is 2.77. The third kappa shape index (κ3) is 4.23. The van der Waals surface area contributed by atoms with Gasteiger partial charge >= 0.3 is 8.56 Å². The smallest absolute Gasteiger partial charge is 0.257 e. The van der Waals surface area contributed by atoms with Crippen molar-refractivity contribution < 1.29 is 9.15 Å². The van der Waals surface area contributed by atoms with Crippen molar-refractivity contribution in [1.82, 2.24) is 0 Å². The number of rotatable bonds is 7. The van der Waals surface area contributed by atoms with E-state index in [0.717, 1.165) is 0 Å². The molecule has 0 amide bonds. The van der Waals surface area contributed by atoms with Crippen molar-refractivity contribution in [3.05, 3.63) is 0 Å². The van der Waals surface area contributed by atoms with Crippen molar-refractivity contribution in [2.45, 2.75) is 58.0 Å². The van der Waals surface area contributed by atoms with E-state index in [1.54, 1.807) is 0 Å². The van der Waals surface area contributed by atoms with Gasteiger partial charge in [-0.1, -0.05) is 45.4 Å². The van der Waals surface area contributed by atoms with Gasteiger partial charge in [-0.25, -0.2) is 0 Å². The van der Waals surface area contributed by atoms with Crippen molar-refractivity contribution >= 4 is 8.56 Å². The van der Waals surface area contributed by atoms with Gasteiger partial charge in [0.25, 0.3) is 0 Å². The van der Waals surface area contributed by atoms with Crippen molar-refractivity contribution in [3.8, 4) is 0 Å². The molecule has 0 radical (unpaired) electrons. The largest absolute Gasteiger partial charge is 0.403 e. The molecule has 2 nitrogen and oxygen atoms in total. The summed E-state index contributed by atoms with van der Waals surface area (Å²) in [4.78, 5) is 0. The molecule has 1 heterocycles. The Morgan fingerprint density at radius 2 is 1.50 bits per heavy atom. The first kappa shape index (κ1) is 10.2. The van der Waals surface area contributed by atoms with E-state index < -0.39 is 8.56 Å². The fourth-order valence-electron chi connectivity index (χ4n) is 1.38. The van der Waals surface area contributed by atoms with Gasteiger partial charge in [-0.2, -0.15) is 0 Å². The second-order valence-corrected chi connectivity index (χ2v) is 6.92. The predicted octanol–water partition coefficient (Wildman–Crippen LogP) is 3.38. The summed E-state index contributed by atoms with van der Waals surface area (Å²) in [5.41, 5.74) is 0. The molecule has 0 atom stereocenters. The first-order chi connectivity index (χ1) is 5.77. The minimum atomic E-state index is -1.48. The normalized spacial score (nSPS) is 19.5. The quantitative estimate of drug-likeness (QED) is 0.265. The summed E-state index contributed by atoms with van der Waals surface area (Å²) in [6, 6.07) is 1.19. The Kier molecular flexibility index (Phi) is 4.25. The Morgan fingerprint density at radius 1 is 0.917 bits per heavy atom. The highest BCUT2D eigenvalue weighted by Crippen LogP contribution is 2.29. The van der Waals surface area contributed by atoms with Gasteiger partial charge < -0.3 is 0 Å². The highest BCUT2D eigenvalue weighted by atomic mass is 28.4. The lowest BCUT2D eigenvalue weighted by molar-refractivity contribution is 0.0850. The van der Waals surface area contributed by atoms with Gasteiger partial charge in [0.15, 0.2) is 0 Å². The summed E-state index contributed by atoms with van der Waals surface area (Å²) in [5, 5.41) is 0. The summed E-state index contributed by atoms with van der Waals surface area (Å²) >= 11 is 0. The highest BCUT2D eigenvalue weighted by Gasteiger charge is 2.47. The molecule has 0 aromatic carbocycles. The SMILES string of the molecule is CCCCCCCC[Si]1(C)OO1. The molecule has 0 N–H and O–H groups in total. The van der Waals surface area contributed by atoms with E-state index in [1.807, 2.05) is 0 Å². The molecule has 3 heteroatoms. The van der Waals surface area contributed by atoms with Crippen LogP contribution in [0.2, 0.25) is 12.6 Å². The fourth-order valence-corrected chi connectivity index (χ4v) is 3.01. The van der Waals surface area contributed by atoms with Crippen LogP contribution in [0, 0.1) is 0 Å². The van der Waals surface area contributed by atoms with Crippen LogP contribution in [0.25, 0.3) is 0 Å². The maximum absolute atomic E-state index is 4.96. The van der Waals surface area contributed by atoms with Crippen LogP contribution in [0.3, 0.4) is 0 Å². The molecule has 0 bridgehead atoms. The third-order valence-electron chi connectivity index (χ3n) is 2.35. The van der Waals surface area contributed by atoms with E-state index in [1.165, 1.54) is 44.6 Å². The predicted molar refractivity (Wildman–Crippen MR) is 52.0 cm³/mol. The summed E-state index contributed by atoms with van der Waals surface area (Å²) in [6.07, 6.45) is 8.16. The lowest BCUT2D eigenvalue weighted by Gasteiger charge is -1.98. The van der Waals surface area contributed by atoms with Crippen LogP contribution >= 0.6 is 0 Å². The lowest BCUT2D eigenvalue weighted by Crippen LogP contribution is -2.08. The molecule has 1 aliphatic rings. The summed E-state index contributed by atoms with van der Waals surface area (Å²) < 4.78 is 9.93. The van der Waals surface area contributed by atoms with Gasteiger partial charge in [0.05, 0.1) is 0 Å². The Balaban J connectivity index is 1.77. The minimum Gasteiger partial charge on any atom is -0.257 e. The van der Waals surface area contributed by atoms with E-state index >= 15 is 0 Å². The number of hydrogen-bond donors (Lipinski definition) is 0. The molecule has 72 valence electrons. The average molecular weight is 188 g/mol. The maximum Gasteiger partial charge on any atom is 0.403 e. The standard InChI is InChI=1S/C9H20O2Si/c1-3-4-5-6-7-8-9-12(2)10-11-12/h3-9H2,1-2H3. The van der Waals surface area contributed by atoms with Crippen LogP contribution in [0.4, 0.5) is 0 Å². The molecule has 0 unspecified atom stereocenters. The third-order valence-corrected chi connectivity index (χ3v) is 4.35. The Morgan fingerprint density at radius 3 is 2.08 bits per heavy atom. The zero-order valence-electron chi connectivity index (χ0n) is 8.27. The van der Waals surface area contributed by atoms with E-state index in [9.17, 15) is 0 Å². The van der Waals surface area contributed by atoms with Crippen LogP contribution in [0.15, 0.2) is 0 Å². The molecule has 0 saturated carbocycles. The summed E-state index contributed by atoms with van der Waals surface area (Å²) in [5.74, 6) is 0. The maximum atomic E-state index is 4.96. The van der Waals surface area contributed by atoms with Crippen LogP contribution in [0.5, 0.6) is 0 Å². The minimum absolute atomic E-state index is 1.19. The van der Waals surface area contributed by atoms with Crippen molar-refractivity contribution in [3.63, 3.8) is 0 Å². The molecule has 12 heavy (non-hydrogen) atoms. The van der Waals surface area contributed by atoms with Crippen LogP contribution in [0.1, 0.15) is 45.4 Å². The molecule has 1 rings (SSSR count). The summed E-state index contributed by atoms with van der Waals surface area (Å²) in [7, 11) is -1.48. The molecule has 1 aliphatic heterocycles. The van der Waals surface area contributed by atoms with E-state index in [2.05, 4.69) is 13.5 Å². The topological polar surface area (TPSA) is 25.1 Å². The Bertz CT molecular complexity index is 124. The zero-order valence-corrected chi connectivity index (χ0v) is 9.27. The molecule has 0 aromatic rings. The second-order valence-electron chi connectivity index (χ2n) is 3.82. The van der Waals surface area contributed by atoms with Crippen molar-refractivity contribution in [2.24, 2.45) is 0 Å². The van der Waals surface area contributed by atoms with Crippen molar-refractivity contribution in [1.29, 1.82) is 0 Å². The first-order valence-corrected chi connectivity index (χ1v) is 7.66. The van der Waals surface area contributed by atoms with Gasteiger partial charge in [-0.15, -0.1) is 0 Å². The molecule has 1 fully saturated rings. The van der Waals surface area contributed by atoms with Crippen LogP contribution in [-0.4, -0.2) is 8.56 Å². The first-order valence-electron chi connectivity index (χ1n) is 5.14. The number of unbranched alkanes of at least 4 members (excludes halogenated alkanes) is 5. The van der Waals surface area contributed by atoms with Gasteiger partial charge in [-0.05, 0) is 12.6 Å². The summed E-state index contributed by atoms with van der Waals surface area (Å²) in [6.45, 7) is 4.39. The van der Waals surface area contributed by atoms with Crippen LogP contribution in [-0.2, 0) is 9.15 Å². The lowest BCUT2D eigenvalue weighted by atomic mass is 10.1. The fraction of sp³-hybridized carbons (Fsp3) is 1.00. The highest BCUT2D eigenvalue weighted by molar-refractivity contribution is 6.70. The van der Waals surface area contributed by atoms with Gasteiger partial charge in [0, 0.05) is 0 Å². The molecule has 0 aromatic heterocycles. The Labute approximate surface area is 76.4 Å². The van der Waals surface area contributed by atoms with Gasteiger partial charge in [-0.3, -0.25) is 9.15 Å². The molecular formula is C9H20O2Si. The Hall–Kier alpha value is 0.137. The molecule has 0 aliphatic carbocycles. The van der Waals surface area contributed by atoms with Crippen molar-refractivity contribution in [2.75, 3.05) is 0 Å². The second kappa shape index (κ2) is 4.99. The molecule has 0 spiro atoms. The molecule has 1 saturated heterocycles. The zero-order chi connectivity index (χ0) is 8.86. The van der Waals surface area contributed by atoms with Gasteiger partial charge in [0.1, 0.15) is 0 Å². The molecular weight excluding hydrogens is 168 g/mol.